The molecule has 1 aromatic heterocycles. The topological polar surface area (TPSA) is 50.2 Å². The van der Waals surface area contributed by atoms with Crippen molar-refractivity contribution in [3.8, 4) is 0 Å². The van der Waals surface area contributed by atoms with Gasteiger partial charge in [-0.15, -0.1) is 0 Å². The van der Waals surface area contributed by atoms with E-state index in [2.05, 4.69) is 40.8 Å². The summed E-state index contributed by atoms with van der Waals surface area (Å²) in [7, 11) is 0. The Labute approximate surface area is 142 Å². The summed E-state index contributed by atoms with van der Waals surface area (Å²) in [5.41, 5.74) is 3.39. The molecule has 1 aliphatic heterocycles. The fourth-order valence-electron chi connectivity index (χ4n) is 3.52. The highest BCUT2D eigenvalue weighted by molar-refractivity contribution is 5.83. The number of aryl methyl sites for hydroxylation is 1. The predicted molar refractivity (Wildman–Crippen MR) is 92.5 cm³/mol. The van der Waals surface area contributed by atoms with E-state index in [0.29, 0.717) is 12.6 Å². The monoisotopic (exact) mass is 324 g/mol. The van der Waals surface area contributed by atoms with Gasteiger partial charge in [0, 0.05) is 24.8 Å². The third kappa shape index (κ3) is 2.84. The highest BCUT2D eigenvalue weighted by Crippen LogP contribution is 2.28. The maximum atomic E-state index is 12.9. The van der Waals surface area contributed by atoms with Crippen molar-refractivity contribution in [3.63, 3.8) is 0 Å². The zero-order chi connectivity index (χ0) is 16.7. The van der Waals surface area contributed by atoms with Gasteiger partial charge in [-0.05, 0) is 32.3 Å². The number of nitrogens with zero attached hydrogens (tertiary/aromatic N) is 3. The van der Waals surface area contributed by atoms with E-state index in [1.807, 2.05) is 18.2 Å². The van der Waals surface area contributed by atoms with Crippen LogP contribution in [0.2, 0.25) is 0 Å². The Morgan fingerprint density at radius 3 is 2.67 bits per heavy atom. The zero-order valence-corrected chi connectivity index (χ0v) is 14.3. The van der Waals surface area contributed by atoms with Gasteiger partial charge in [0.1, 0.15) is 11.9 Å². The molecule has 1 aromatic carbocycles. The van der Waals surface area contributed by atoms with Crippen LogP contribution in [0.15, 0.2) is 30.3 Å². The lowest BCUT2D eigenvalue weighted by Crippen LogP contribution is -2.44. The van der Waals surface area contributed by atoms with Gasteiger partial charge in [-0.2, -0.15) is 0 Å². The quantitative estimate of drug-likeness (QED) is 0.939. The smallest absolute Gasteiger partial charge is 0.242 e. The zero-order valence-electron chi connectivity index (χ0n) is 14.3. The Morgan fingerprint density at radius 2 is 1.96 bits per heavy atom. The summed E-state index contributed by atoms with van der Waals surface area (Å²) in [4.78, 5) is 19.9. The standard InChI is InChI=1S/C19H24N4O/c1-13-14(2)23-11-10-22(12-17(23)20-13)18(15-6-4-3-5-7-15)19(24)21-16-8-9-16/h3-7,16,18H,8-12H2,1-2H3,(H,21,24)/t18-/m1/s1. The maximum Gasteiger partial charge on any atom is 0.242 e. The van der Waals surface area contributed by atoms with Gasteiger partial charge >= 0.3 is 0 Å². The van der Waals surface area contributed by atoms with Gasteiger partial charge in [-0.25, -0.2) is 4.98 Å². The van der Waals surface area contributed by atoms with Crippen LogP contribution in [0.4, 0.5) is 0 Å². The van der Waals surface area contributed by atoms with Crippen LogP contribution in [-0.4, -0.2) is 32.9 Å². The van der Waals surface area contributed by atoms with Gasteiger partial charge in [0.15, 0.2) is 0 Å². The van der Waals surface area contributed by atoms with Crippen molar-refractivity contribution in [1.82, 2.24) is 19.8 Å². The van der Waals surface area contributed by atoms with E-state index in [1.54, 1.807) is 0 Å². The average Bonchev–Trinajstić information content (AvgIpc) is 3.34. The van der Waals surface area contributed by atoms with Gasteiger partial charge in [0.05, 0.1) is 12.2 Å². The summed E-state index contributed by atoms with van der Waals surface area (Å²) in [6.07, 6.45) is 2.21. The SMILES string of the molecule is Cc1nc2n(c1C)CCN([C@@H](C(=O)NC1CC1)c1ccccc1)C2. The normalized spacial score (nSPS) is 18.9. The number of hydrogen-bond acceptors (Lipinski definition) is 3. The van der Waals surface area contributed by atoms with Crippen LogP contribution >= 0.6 is 0 Å². The van der Waals surface area contributed by atoms with Crippen molar-refractivity contribution >= 4 is 5.91 Å². The van der Waals surface area contributed by atoms with Crippen molar-refractivity contribution < 1.29 is 4.79 Å². The number of aromatic nitrogens is 2. The third-order valence-corrected chi connectivity index (χ3v) is 5.14. The largest absolute Gasteiger partial charge is 0.352 e. The van der Waals surface area contributed by atoms with Crippen molar-refractivity contribution in [2.24, 2.45) is 0 Å². The van der Waals surface area contributed by atoms with Crippen LogP contribution in [0.3, 0.4) is 0 Å². The van der Waals surface area contributed by atoms with Crippen molar-refractivity contribution in [2.75, 3.05) is 6.54 Å². The summed E-state index contributed by atoms with van der Waals surface area (Å²) in [6.45, 7) is 6.64. The highest BCUT2D eigenvalue weighted by atomic mass is 16.2. The minimum atomic E-state index is -0.238. The van der Waals surface area contributed by atoms with Crippen molar-refractivity contribution in [1.29, 1.82) is 0 Å². The molecule has 24 heavy (non-hydrogen) atoms. The van der Waals surface area contributed by atoms with Crippen molar-refractivity contribution in [2.45, 2.75) is 51.9 Å². The molecule has 1 amide bonds. The number of carbonyl (C=O) groups is 1. The number of fused-ring (bicyclic) bond motifs is 1. The molecule has 0 spiro atoms. The lowest BCUT2D eigenvalue weighted by Gasteiger charge is -2.34. The van der Waals surface area contributed by atoms with Gasteiger partial charge < -0.3 is 9.88 Å². The highest BCUT2D eigenvalue weighted by Gasteiger charge is 2.34. The molecule has 1 saturated carbocycles. The minimum Gasteiger partial charge on any atom is -0.352 e. The second kappa shape index (κ2) is 6.06. The van der Waals surface area contributed by atoms with E-state index in [-0.39, 0.29) is 11.9 Å². The number of rotatable bonds is 4. The molecule has 1 aliphatic carbocycles. The Kier molecular flexibility index (Phi) is 3.88. The molecule has 0 unspecified atom stereocenters. The summed E-state index contributed by atoms with van der Waals surface area (Å²) in [6, 6.07) is 10.2. The lowest BCUT2D eigenvalue weighted by molar-refractivity contribution is -0.127. The molecular weight excluding hydrogens is 300 g/mol. The summed E-state index contributed by atoms with van der Waals surface area (Å²) in [5, 5.41) is 3.18. The number of nitrogens with one attached hydrogen (secondary N) is 1. The van der Waals surface area contributed by atoms with Crippen LogP contribution in [-0.2, 0) is 17.9 Å². The van der Waals surface area contributed by atoms with Gasteiger partial charge in [0.25, 0.3) is 0 Å². The van der Waals surface area contributed by atoms with E-state index in [4.69, 9.17) is 4.98 Å². The molecule has 1 N–H and O–H groups in total. The van der Waals surface area contributed by atoms with E-state index in [0.717, 1.165) is 43.0 Å². The summed E-state index contributed by atoms with van der Waals surface area (Å²) in [5.74, 6) is 1.19. The minimum absolute atomic E-state index is 0.122. The van der Waals surface area contributed by atoms with Crippen LogP contribution in [0, 0.1) is 13.8 Å². The van der Waals surface area contributed by atoms with Crippen molar-refractivity contribution in [3.05, 3.63) is 53.1 Å². The molecule has 126 valence electrons. The van der Waals surface area contributed by atoms with E-state index in [9.17, 15) is 4.79 Å². The average molecular weight is 324 g/mol. The molecule has 2 aliphatic rings. The molecule has 0 bridgehead atoms. The number of carbonyl (C=O) groups excluding carboxylic acids is 1. The first-order valence-corrected chi connectivity index (χ1v) is 8.75. The fourth-order valence-corrected chi connectivity index (χ4v) is 3.52. The van der Waals surface area contributed by atoms with E-state index in [1.165, 1.54) is 5.69 Å². The number of imidazole rings is 1. The molecule has 2 heterocycles. The fraction of sp³-hybridized carbons (Fsp3) is 0.474. The molecule has 1 atom stereocenters. The first kappa shape index (κ1) is 15.4. The second-order valence-corrected chi connectivity index (χ2v) is 6.92. The summed E-state index contributed by atoms with van der Waals surface area (Å²) < 4.78 is 2.28. The molecule has 4 rings (SSSR count). The maximum absolute atomic E-state index is 12.9. The van der Waals surface area contributed by atoms with E-state index >= 15 is 0 Å². The van der Waals surface area contributed by atoms with Crippen LogP contribution < -0.4 is 5.32 Å². The molecular formula is C19H24N4O. The van der Waals surface area contributed by atoms with Crippen LogP contribution in [0.5, 0.6) is 0 Å². The van der Waals surface area contributed by atoms with Gasteiger partial charge in [-0.3, -0.25) is 9.69 Å². The van der Waals surface area contributed by atoms with Gasteiger partial charge in [0.2, 0.25) is 5.91 Å². The molecule has 0 saturated heterocycles. The Bertz CT molecular complexity index is 748. The second-order valence-electron chi connectivity index (χ2n) is 6.92. The van der Waals surface area contributed by atoms with Crippen LogP contribution in [0.25, 0.3) is 0 Å². The number of amides is 1. The Hall–Kier alpha value is -2.14. The number of hydrogen-bond donors (Lipinski definition) is 1. The van der Waals surface area contributed by atoms with Gasteiger partial charge in [-0.1, -0.05) is 30.3 Å². The van der Waals surface area contributed by atoms with Crippen LogP contribution in [0.1, 0.15) is 41.7 Å². The Balaban J connectivity index is 1.62. The molecule has 5 heteroatoms. The summed E-state index contributed by atoms with van der Waals surface area (Å²) >= 11 is 0. The molecule has 5 nitrogen and oxygen atoms in total. The van der Waals surface area contributed by atoms with E-state index < -0.39 is 0 Å². The Morgan fingerprint density at radius 1 is 1.21 bits per heavy atom. The first-order chi connectivity index (χ1) is 11.6. The predicted octanol–water partition coefficient (Wildman–Crippen LogP) is 2.34. The third-order valence-electron chi connectivity index (χ3n) is 5.14. The molecule has 0 radical (unpaired) electrons. The first-order valence-electron chi connectivity index (χ1n) is 8.75. The molecule has 1 fully saturated rings. The molecule has 2 aromatic rings. The lowest BCUT2D eigenvalue weighted by atomic mass is 10.0. The number of benzene rings is 1.